The van der Waals surface area contributed by atoms with Crippen molar-refractivity contribution in [2.24, 2.45) is 5.73 Å². The predicted molar refractivity (Wildman–Crippen MR) is 60.1 cm³/mol. The average molecular weight is 218 g/mol. The van der Waals surface area contributed by atoms with Crippen LogP contribution in [0.15, 0.2) is 41.5 Å². The molecule has 0 radical (unpaired) electrons. The first-order valence-electron chi connectivity index (χ1n) is 5.16. The van der Waals surface area contributed by atoms with Gasteiger partial charge in [0.15, 0.2) is 0 Å². The first kappa shape index (κ1) is 10.7. The molecule has 0 saturated heterocycles. The Bertz CT molecular complexity index is 440. The molecule has 1 atom stereocenters. The summed E-state index contributed by atoms with van der Waals surface area (Å²) in [5.41, 5.74) is 7.91. The van der Waals surface area contributed by atoms with Crippen LogP contribution in [0.1, 0.15) is 24.1 Å². The van der Waals surface area contributed by atoms with Gasteiger partial charge >= 0.3 is 0 Å². The van der Waals surface area contributed by atoms with Crippen LogP contribution in [-0.4, -0.2) is 11.6 Å². The Morgan fingerprint density at radius 3 is 3.00 bits per heavy atom. The molecule has 2 aromatic rings. The minimum absolute atomic E-state index is 0.230. The van der Waals surface area contributed by atoms with Crippen LogP contribution in [0.5, 0.6) is 5.75 Å². The van der Waals surface area contributed by atoms with E-state index in [1.54, 1.807) is 24.9 Å². The van der Waals surface area contributed by atoms with E-state index in [1.807, 2.05) is 19.1 Å². The highest BCUT2D eigenvalue weighted by atomic mass is 16.5. The molecule has 0 fully saturated rings. The number of ether oxygens (including phenoxy) is 1. The summed E-state index contributed by atoms with van der Waals surface area (Å²) in [7, 11) is 0. The van der Waals surface area contributed by atoms with Crippen molar-refractivity contribution in [3.8, 4) is 5.75 Å². The lowest BCUT2D eigenvalue weighted by atomic mass is 10.0. The van der Waals surface area contributed by atoms with Crippen molar-refractivity contribution in [2.45, 2.75) is 13.0 Å². The van der Waals surface area contributed by atoms with Gasteiger partial charge in [-0.05, 0) is 24.6 Å². The number of nitrogens with two attached hydrogens (primary N) is 1. The molecule has 2 N–H and O–H groups in total. The molecule has 0 aliphatic carbocycles. The fourth-order valence-corrected chi connectivity index (χ4v) is 1.50. The van der Waals surface area contributed by atoms with Gasteiger partial charge in [-0.25, -0.2) is 0 Å². The average Bonchev–Trinajstić information content (AvgIpc) is 2.82. The molecule has 4 heteroatoms. The lowest BCUT2D eigenvalue weighted by Gasteiger charge is -2.10. The van der Waals surface area contributed by atoms with Gasteiger partial charge in [-0.1, -0.05) is 0 Å². The summed E-state index contributed by atoms with van der Waals surface area (Å²) in [5, 5.41) is 0. The van der Waals surface area contributed by atoms with Crippen LogP contribution in [0.3, 0.4) is 0 Å². The predicted octanol–water partition coefficient (Wildman–Crippen LogP) is 2.12. The van der Waals surface area contributed by atoms with E-state index in [4.69, 9.17) is 14.9 Å². The molecule has 4 nitrogen and oxygen atoms in total. The highest BCUT2D eigenvalue weighted by Gasteiger charge is 2.11. The van der Waals surface area contributed by atoms with Crippen LogP contribution >= 0.6 is 0 Å². The zero-order valence-corrected chi connectivity index (χ0v) is 9.09. The van der Waals surface area contributed by atoms with Gasteiger partial charge in [-0.3, -0.25) is 4.98 Å². The van der Waals surface area contributed by atoms with Gasteiger partial charge in [0.25, 0.3) is 0 Å². The maximum absolute atomic E-state index is 6.07. The molecule has 2 rings (SSSR count). The monoisotopic (exact) mass is 218 g/mol. The first-order chi connectivity index (χ1) is 7.81. The molecule has 0 saturated carbocycles. The van der Waals surface area contributed by atoms with Gasteiger partial charge in [0.1, 0.15) is 5.75 Å². The molecule has 0 aliphatic heterocycles. The van der Waals surface area contributed by atoms with Gasteiger partial charge in [0.2, 0.25) is 0 Å². The molecule has 0 amide bonds. The highest BCUT2D eigenvalue weighted by molar-refractivity contribution is 5.31. The molecular formula is C12H14N2O2. The first-order valence-corrected chi connectivity index (χ1v) is 5.16. The van der Waals surface area contributed by atoms with E-state index in [0.717, 1.165) is 16.9 Å². The minimum Gasteiger partial charge on any atom is -0.492 e. The van der Waals surface area contributed by atoms with Crippen molar-refractivity contribution < 1.29 is 9.15 Å². The molecule has 1 unspecified atom stereocenters. The van der Waals surface area contributed by atoms with E-state index in [9.17, 15) is 0 Å². The number of aromatic nitrogens is 1. The molecule has 0 bridgehead atoms. The van der Waals surface area contributed by atoms with Gasteiger partial charge in [0, 0.05) is 11.8 Å². The normalized spacial score (nSPS) is 12.4. The second-order valence-corrected chi connectivity index (χ2v) is 3.42. The standard InChI is InChI=1S/C12H14N2O2/c1-2-16-11-5-10(6-14-7-11)12(13)9-3-4-15-8-9/h3-8,12H,2,13H2,1H3. The Hall–Kier alpha value is -1.81. The van der Waals surface area contributed by atoms with Crippen LogP contribution in [-0.2, 0) is 0 Å². The Morgan fingerprint density at radius 2 is 2.31 bits per heavy atom. The highest BCUT2D eigenvalue weighted by Crippen LogP contribution is 2.22. The van der Waals surface area contributed by atoms with E-state index >= 15 is 0 Å². The van der Waals surface area contributed by atoms with Gasteiger partial charge in [0.05, 0.1) is 31.4 Å². The van der Waals surface area contributed by atoms with Crippen molar-refractivity contribution in [1.82, 2.24) is 4.98 Å². The van der Waals surface area contributed by atoms with Gasteiger partial charge in [-0.15, -0.1) is 0 Å². The van der Waals surface area contributed by atoms with E-state index in [0.29, 0.717) is 6.61 Å². The number of pyridine rings is 1. The maximum Gasteiger partial charge on any atom is 0.137 e. The zero-order valence-electron chi connectivity index (χ0n) is 9.09. The fraction of sp³-hybridized carbons (Fsp3) is 0.250. The minimum atomic E-state index is -0.230. The molecular weight excluding hydrogens is 204 g/mol. The molecule has 84 valence electrons. The Labute approximate surface area is 94.1 Å². The Kier molecular flexibility index (Phi) is 3.22. The van der Waals surface area contributed by atoms with Crippen molar-refractivity contribution in [2.75, 3.05) is 6.61 Å². The molecule has 0 spiro atoms. The SMILES string of the molecule is CCOc1cncc(C(N)c2ccoc2)c1. The second-order valence-electron chi connectivity index (χ2n) is 3.42. The number of hydrogen-bond donors (Lipinski definition) is 1. The van der Waals surface area contributed by atoms with Crippen LogP contribution < -0.4 is 10.5 Å². The zero-order chi connectivity index (χ0) is 11.4. The van der Waals surface area contributed by atoms with Crippen LogP contribution in [0.25, 0.3) is 0 Å². The van der Waals surface area contributed by atoms with Crippen LogP contribution in [0, 0.1) is 0 Å². The topological polar surface area (TPSA) is 61.3 Å². The smallest absolute Gasteiger partial charge is 0.137 e. The summed E-state index contributed by atoms with van der Waals surface area (Å²) in [5.74, 6) is 0.735. The van der Waals surface area contributed by atoms with Crippen LogP contribution in [0.4, 0.5) is 0 Å². The van der Waals surface area contributed by atoms with Gasteiger partial charge < -0.3 is 14.9 Å². The van der Waals surface area contributed by atoms with Crippen molar-refractivity contribution >= 4 is 0 Å². The quantitative estimate of drug-likeness (QED) is 0.853. The number of nitrogens with zero attached hydrogens (tertiary/aromatic N) is 1. The van der Waals surface area contributed by atoms with Crippen LogP contribution in [0.2, 0.25) is 0 Å². The summed E-state index contributed by atoms with van der Waals surface area (Å²) in [4.78, 5) is 4.10. The number of furan rings is 1. The van der Waals surface area contributed by atoms with E-state index in [1.165, 1.54) is 0 Å². The van der Waals surface area contributed by atoms with Crippen molar-refractivity contribution in [3.05, 3.63) is 48.2 Å². The Balaban J connectivity index is 2.23. The summed E-state index contributed by atoms with van der Waals surface area (Å²) in [6, 6.07) is 3.51. The molecule has 2 aromatic heterocycles. The fourth-order valence-electron chi connectivity index (χ4n) is 1.50. The number of rotatable bonds is 4. The second kappa shape index (κ2) is 4.81. The van der Waals surface area contributed by atoms with E-state index < -0.39 is 0 Å². The third kappa shape index (κ3) is 2.23. The lowest BCUT2D eigenvalue weighted by molar-refractivity contribution is 0.338. The van der Waals surface area contributed by atoms with Crippen molar-refractivity contribution in [3.63, 3.8) is 0 Å². The van der Waals surface area contributed by atoms with E-state index in [-0.39, 0.29) is 6.04 Å². The van der Waals surface area contributed by atoms with Crippen molar-refractivity contribution in [1.29, 1.82) is 0 Å². The molecule has 2 heterocycles. The summed E-state index contributed by atoms with van der Waals surface area (Å²) >= 11 is 0. The molecule has 16 heavy (non-hydrogen) atoms. The Morgan fingerprint density at radius 1 is 1.44 bits per heavy atom. The summed E-state index contributed by atoms with van der Waals surface area (Å²) in [6.45, 7) is 2.55. The van der Waals surface area contributed by atoms with E-state index in [2.05, 4.69) is 4.98 Å². The molecule has 0 aliphatic rings. The third-order valence-corrected chi connectivity index (χ3v) is 2.31. The third-order valence-electron chi connectivity index (χ3n) is 2.31. The summed E-state index contributed by atoms with van der Waals surface area (Å²) in [6.07, 6.45) is 6.66. The number of hydrogen-bond acceptors (Lipinski definition) is 4. The maximum atomic E-state index is 6.07. The van der Waals surface area contributed by atoms with Gasteiger partial charge in [-0.2, -0.15) is 0 Å². The summed E-state index contributed by atoms with van der Waals surface area (Å²) < 4.78 is 10.4. The lowest BCUT2D eigenvalue weighted by Crippen LogP contribution is -2.11. The largest absolute Gasteiger partial charge is 0.492 e. The molecule has 0 aromatic carbocycles.